The van der Waals surface area contributed by atoms with Gasteiger partial charge in [-0.05, 0) is 53.9 Å². The van der Waals surface area contributed by atoms with Crippen molar-refractivity contribution in [1.82, 2.24) is 0 Å². The van der Waals surface area contributed by atoms with Gasteiger partial charge in [-0.3, -0.25) is 0 Å². The Morgan fingerprint density at radius 2 is 1.71 bits per heavy atom. The van der Waals surface area contributed by atoms with E-state index >= 15 is 0 Å². The van der Waals surface area contributed by atoms with Crippen molar-refractivity contribution in [2.24, 2.45) is 0 Å². The molecule has 0 fully saturated rings. The Balaban J connectivity index is 1.94. The van der Waals surface area contributed by atoms with Gasteiger partial charge in [-0.2, -0.15) is 13.2 Å². The Hall–Kier alpha value is -1.27. The van der Waals surface area contributed by atoms with Gasteiger partial charge in [-0.15, -0.1) is 11.8 Å². The maximum absolute atomic E-state index is 12.2. The van der Waals surface area contributed by atoms with Crippen LogP contribution in [-0.2, 0) is 6.54 Å². The maximum Gasteiger partial charge on any atom is 0.446 e. The molecule has 0 unspecified atom stereocenters. The number of nitrogens with one attached hydrogen (secondary N) is 1. The fourth-order valence-corrected chi connectivity index (χ4v) is 2.75. The molecule has 112 valence electrons. The highest BCUT2D eigenvalue weighted by atomic mass is 32.2. The highest BCUT2D eigenvalue weighted by Crippen LogP contribution is 2.36. The maximum atomic E-state index is 12.2. The van der Waals surface area contributed by atoms with Crippen molar-refractivity contribution >= 4 is 29.2 Å². The summed E-state index contributed by atoms with van der Waals surface area (Å²) in [6, 6.07) is 14.4. The van der Waals surface area contributed by atoms with Crippen LogP contribution < -0.4 is 5.32 Å². The van der Waals surface area contributed by atoms with Gasteiger partial charge in [0.15, 0.2) is 0 Å². The Morgan fingerprint density at radius 3 is 2.33 bits per heavy atom. The molecule has 0 aliphatic heterocycles. The van der Waals surface area contributed by atoms with Crippen molar-refractivity contribution in [3.05, 3.63) is 54.1 Å². The third-order valence-corrected chi connectivity index (χ3v) is 4.19. The molecule has 0 amide bonds. The van der Waals surface area contributed by atoms with Crippen molar-refractivity contribution in [3.63, 3.8) is 0 Å². The van der Waals surface area contributed by atoms with Crippen LogP contribution in [0.5, 0.6) is 0 Å². The first kappa shape index (κ1) is 16.1. The molecule has 0 heterocycles. The smallest absolute Gasteiger partial charge is 0.381 e. The predicted molar refractivity (Wildman–Crippen MR) is 83.9 cm³/mol. The van der Waals surface area contributed by atoms with Crippen LogP contribution in [0.3, 0.4) is 0 Å². The van der Waals surface area contributed by atoms with Crippen LogP contribution in [0, 0.1) is 0 Å². The molecule has 1 nitrogen and oxygen atoms in total. The predicted octanol–water partition coefficient (Wildman–Crippen LogP) is 5.63. The number of rotatable bonds is 5. The van der Waals surface area contributed by atoms with Crippen molar-refractivity contribution in [1.29, 1.82) is 0 Å². The summed E-state index contributed by atoms with van der Waals surface area (Å²) in [7, 11) is 0. The average Bonchev–Trinajstić information content (AvgIpc) is 2.45. The molecule has 0 aliphatic rings. The lowest BCUT2D eigenvalue weighted by Gasteiger charge is -2.09. The molecule has 0 radical (unpaired) electrons. The first-order valence-electron chi connectivity index (χ1n) is 6.19. The zero-order chi connectivity index (χ0) is 15.3. The van der Waals surface area contributed by atoms with E-state index in [1.54, 1.807) is 23.9 Å². The van der Waals surface area contributed by atoms with E-state index in [-0.39, 0.29) is 16.7 Å². The summed E-state index contributed by atoms with van der Waals surface area (Å²) in [5.74, 6) is 0. The van der Waals surface area contributed by atoms with Gasteiger partial charge in [0.2, 0.25) is 0 Å². The minimum Gasteiger partial charge on any atom is -0.381 e. The summed E-state index contributed by atoms with van der Waals surface area (Å²) in [6.45, 7) is 0.578. The fourth-order valence-electron chi connectivity index (χ4n) is 1.75. The zero-order valence-corrected chi connectivity index (χ0v) is 12.9. The lowest BCUT2D eigenvalue weighted by atomic mass is 10.2. The first-order valence-corrected chi connectivity index (χ1v) is 8.23. The van der Waals surface area contributed by atoms with Gasteiger partial charge < -0.3 is 5.32 Å². The number of thioether (sulfide) groups is 2. The number of hydrogen-bond donors (Lipinski definition) is 1. The van der Waals surface area contributed by atoms with Gasteiger partial charge in [0.25, 0.3) is 0 Å². The minimum atomic E-state index is -4.24. The van der Waals surface area contributed by atoms with Crippen LogP contribution in [0.1, 0.15) is 5.56 Å². The lowest BCUT2D eigenvalue weighted by molar-refractivity contribution is -0.0328. The highest BCUT2D eigenvalue weighted by Gasteiger charge is 2.28. The van der Waals surface area contributed by atoms with E-state index < -0.39 is 5.51 Å². The Labute approximate surface area is 130 Å². The standard InChI is InChI=1S/C15H14F3NS2/c1-20-14-4-2-3-12(9-14)19-10-11-5-7-13(8-6-11)21-15(16,17)18/h2-9,19H,10H2,1H3. The van der Waals surface area contributed by atoms with Crippen LogP contribution >= 0.6 is 23.5 Å². The molecule has 0 aromatic heterocycles. The molecule has 2 aromatic carbocycles. The number of benzene rings is 2. The van der Waals surface area contributed by atoms with Gasteiger partial charge in [0.1, 0.15) is 0 Å². The third kappa shape index (κ3) is 5.55. The molecule has 6 heteroatoms. The van der Waals surface area contributed by atoms with Gasteiger partial charge in [-0.1, -0.05) is 18.2 Å². The summed E-state index contributed by atoms with van der Waals surface area (Å²) in [5, 5.41) is 3.26. The van der Waals surface area contributed by atoms with Crippen LogP contribution in [-0.4, -0.2) is 11.8 Å². The van der Waals surface area contributed by atoms with Gasteiger partial charge in [0.05, 0.1) is 0 Å². The summed E-state index contributed by atoms with van der Waals surface area (Å²) in [4.78, 5) is 1.37. The lowest BCUT2D eigenvalue weighted by Crippen LogP contribution is -2.01. The van der Waals surface area contributed by atoms with Crippen molar-refractivity contribution in [2.45, 2.75) is 21.8 Å². The molecule has 1 N–H and O–H groups in total. The first-order chi connectivity index (χ1) is 9.96. The Kier molecular flexibility index (Phi) is 5.47. The molecule has 2 rings (SSSR count). The number of alkyl halides is 3. The number of anilines is 1. The minimum absolute atomic E-state index is 0.0943. The van der Waals surface area contributed by atoms with E-state index in [0.717, 1.165) is 16.1 Å². The summed E-state index contributed by atoms with van der Waals surface area (Å²) < 4.78 is 36.7. The Bertz CT molecular complexity index is 582. The Morgan fingerprint density at radius 1 is 1.00 bits per heavy atom. The number of halogens is 3. The van der Waals surface area contributed by atoms with Crippen molar-refractivity contribution in [2.75, 3.05) is 11.6 Å². The molecule has 0 saturated carbocycles. The molecule has 0 atom stereocenters. The van der Waals surface area contributed by atoms with E-state index in [0.29, 0.717) is 6.54 Å². The van der Waals surface area contributed by atoms with E-state index in [9.17, 15) is 13.2 Å². The average molecular weight is 329 g/mol. The topological polar surface area (TPSA) is 12.0 Å². The fraction of sp³-hybridized carbons (Fsp3) is 0.200. The summed E-state index contributed by atoms with van der Waals surface area (Å²) >= 11 is 1.57. The van der Waals surface area contributed by atoms with Crippen LogP contribution in [0.2, 0.25) is 0 Å². The van der Waals surface area contributed by atoms with E-state index in [1.807, 2.05) is 30.5 Å². The zero-order valence-electron chi connectivity index (χ0n) is 11.3. The normalized spacial score (nSPS) is 11.4. The van der Waals surface area contributed by atoms with Crippen molar-refractivity contribution < 1.29 is 13.2 Å². The summed E-state index contributed by atoms with van der Waals surface area (Å²) in [6.07, 6.45) is 2.01. The van der Waals surface area contributed by atoms with E-state index in [2.05, 4.69) is 5.32 Å². The molecular weight excluding hydrogens is 315 g/mol. The quantitative estimate of drug-likeness (QED) is 0.714. The van der Waals surface area contributed by atoms with Gasteiger partial charge in [-0.25, -0.2) is 0 Å². The van der Waals surface area contributed by atoms with Crippen LogP contribution in [0.25, 0.3) is 0 Å². The second kappa shape index (κ2) is 7.13. The molecule has 2 aromatic rings. The molecule has 0 saturated heterocycles. The SMILES string of the molecule is CSc1cccc(NCc2ccc(SC(F)(F)F)cc2)c1. The highest BCUT2D eigenvalue weighted by molar-refractivity contribution is 8.00. The molecule has 0 spiro atoms. The van der Waals surface area contributed by atoms with Gasteiger partial charge >= 0.3 is 5.51 Å². The second-order valence-electron chi connectivity index (χ2n) is 4.28. The van der Waals surface area contributed by atoms with Crippen LogP contribution in [0.4, 0.5) is 18.9 Å². The molecule has 0 bridgehead atoms. The second-order valence-corrected chi connectivity index (χ2v) is 6.30. The number of hydrogen-bond acceptors (Lipinski definition) is 3. The third-order valence-electron chi connectivity index (χ3n) is 2.72. The van der Waals surface area contributed by atoms with E-state index in [4.69, 9.17) is 0 Å². The van der Waals surface area contributed by atoms with Gasteiger partial charge in [0, 0.05) is 22.0 Å². The summed E-state index contributed by atoms with van der Waals surface area (Å²) in [5.41, 5.74) is -2.30. The van der Waals surface area contributed by atoms with E-state index in [1.165, 1.54) is 12.1 Å². The largest absolute Gasteiger partial charge is 0.446 e. The molecule has 21 heavy (non-hydrogen) atoms. The molecular formula is C15H14F3NS2. The molecule has 0 aliphatic carbocycles. The monoisotopic (exact) mass is 329 g/mol. The van der Waals surface area contributed by atoms with Crippen molar-refractivity contribution in [3.8, 4) is 0 Å². The van der Waals surface area contributed by atoms with Crippen LogP contribution in [0.15, 0.2) is 58.3 Å².